The second kappa shape index (κ2) is 3.92. The van der Waals surface area contributed by atoms with Gasteiger partial charge in [-0.15, -0.1) is 0 Å². The van der Waals surface area contributed by atoms with Crippen molar-refractivity contribution >= 4 is 23.7 Å². The van der Waals surface area contributed by atoms with E-state index in [0.717, 1.165) is 12.8 Å². The lowest BCUT2D eigenvalue weighted by Crippen LogP contribution is -2.28. The molecule has 5 heteroatoms. The Morgan fingerprint density at radius 3 is 2.86 bits per heavy atom. The van der Waals surface area contributed by atoms with E-state index in [9.17, 15) is 4.79 Å². The molecule has 2 rings (SSSR count). The van der Waals surface area contributed by atoms with Crippen molar-refractivity contribution in [1.82, 2.24) is 9.97 Å². The number of nitrogens with one attached hydrogen (secondary N) is 1. The topological polar surface area (TPSA) is 54.9 Å². The SMILES string of the molecule is O=Cc1c(Cl)ncnc1NC1CCC1. The first-order valence-corrected chi connectivity index (χ1v) is 4.91. The van der Waals surface area contributed by atoms with E-state index in [2.05, 4.69) is 15.3 Å². The Morgan fingerprint density at radius 2 is 2.29 bits per heavy atom. The summed E-state index contributed by atoms with van der Waals surface area (Å²) in [5.74, 6) is 0.546. The highest BCUT2D eigenvalue weighted by molar-refractivity contribution is 6.32. The molecule has 4 nitrogen and oxygen atoms in total. The summed E-state index contributed by atoms with van der Waals surface area (Å²) in [6, 6.07) is 0.430. The molecule has 14 heavy (non-hydrogen) atoms. The first kappa shape index (κ1) is 9.40. The van der Waals surface area contributed by atoms with Gasteiger partial charge in [0, 0.05) is 6.04 Å². The van der Waals surface area contributed by atoms with E-state index >= 15 is 0 Å². The van der Waals surface area contributed by atoms with Crippen molar-refractivity contribution in [1.29, 1.82) is 0 Å². The molecule has 0 atom stereocenters. The summed E-state index contributed by atoms with van der Waals surface area (Å²) in [6.45, 7) is 0. The van der Waals surface area contributed by atoms with Crippen LogP contribution in [-0.4, -0.2) is 22.3 Å². The maximum atomic E-state index is 10.7. The smallest absolute Gasteiger partial charge is 0.156 e. The summed E-state index contributed by atoms with van der Waals surface area (Å²) in [6.07, 6.45) is 5.52. The van der Waals surface area contributed by atoms with Crippen LogP contribution in [0.5, 0.6) is 0 Å². The molecule has 1 aliphatic carbocycles. The van der Waals surface area contributed by atoms with Crippen molar-refractivity contribution in [2.45, 2.75) is 25.3 Å². The Labute approximate surface area is 86.7 Å². The molecule has 1 heterocycles. The molecule has 74 valence electrons. The third-order valence-corrected chi connectivity index (χ3v) is 2.70. The molecule has 0 bridgehead atoms. The molecule has 1 saturated carbocycles. The molecule has 1 N–H and O–H groups in total. The molecule has 0 spiro atoms. The summed E-state index contributed by atoms with van der Waals surface area (Å²) in [5, 5.41) is 3.38. The number of rotatable bonds is 3. The van der Waals surface area contributed by atoms with E-state index in [1.54, 1.807) is 0 Å². The number of aldehydes is 1. The van der Waals surface area contributed by atoms with Crippen molar-refractivity contribution < 1.29 is 4.79 Å². The van der Waals surface area contributed by atoms with E-state index in [1.807, 2.05) is 0 Å². The number of hydrogen-bond donors (Lipinski definition) is 1. The van der Waals surface area contributed by atoms with Crippen LogP contribution >= 0.6 is 11.6 Å². The third-order valence-electron chi connectivity index (χ3n) is 2.40. The zero-order chi connectivity index (χ0) is 9.97. The molecule has 0 amide bonds. The van der Waals surface area contributed by atoms with Gasteiger partial charge >= 0.3 is 0 Å². The summed E-state index contributed by atoms with van der Waals surface area (Å²) < 4.78 is 0. The number of anilines is 1. The second-order valence-corrected chi connectivity index (χ2v) is 3.67. The summed E-state index contributed by atoms with van der Waals surface area (Å²) in [7, 11) is 0. The Hall–Kier alpha value is -1.16. The van der Waals surface area contributed by atoms with Crippen molar-refractivity contribution in [3.05, 3.63) is 17.0 Å². The minimum Gasteiger partial charge on any atom is -0.367 e. The summed E-state index contributed by atoms with van der Waals surface area (Å²) in [4.78, 5) is 18.5. The van der Waals surface area contributed by atoms with Gasteiger partial charge in [0.15, 0.2) is 6.29 Å². The van der Waals surface area contributed by atoms with E-state index in [4.69, 9.17) is 11.6 Å². The highest BCUT2D eigenvalue weighted by Gasteiger charge is 2.19. The van der Waals surface area contributed by atoms with Gasteiger partial charge in [0.2, 0.25) is 0 Å². The third kappa shape index (κ3) is 1.70. The maximum Gasteiger partial charge on any atom is 0.156 e. The molecule has 1 aromatic rings. The molecule has 0 unspecified atom stereocenters. The zero-order valence-electron chi connectivity index (χ0n) is 7.53. The van der Waals surface area contributed by atoms with Gasteiger partial charge in [-0.1, -0.05) is 11.6 Å². The fourth-order valence-electron chi connectivity index (χ4n) is 1.34. The normalized spacial score (nSPS) is 16.1. The maximum absolute atomic E-state index is 10.7. The van der Waals surface area contributed by atoms with E-state index in [0.29, 0.717) is 23.7 Å². The van der Waals surface area contributed by atoms with E-state index < -0.39 is 0 Å². The molecule has 1 aromatic heterocycles. The first-order chi connectivity index (χ1) is 6.81. The van der Waals surface area contributed by atoms with Crippen LogP contribution in [-0.2, 0) is 0 Å². The Morgan fingerprint density at radius 1 is 1.50 bits per heavy atom. The Bertz CT molecular complexity index is 352. The van der Waals surface area contributed by atoms with Gasteiger partial charge in [0.1, 0.15) is 17.3 Å². The molecular formula is C9H10ClN3O. The molecule has 0 radical (unpaired) electrons. The van der Waals surface area contributed by atoms with Crippen LogP contribution in [0.1, 0.15) is 29.6 Å². The predicted molar refractivity (Wildman–Crippen MR) is 53.7 cm³/mol. The molecule has 1 fully saturated rings. The molecular weight excluding hydrogens is 202 g/mol. The fraction of sp³-hybridized carbons (Fsp3) is 0.444. The zero-order valence-corrected chi connectivity index (χ0v) is 8.29. The van der Waals surface area contributed by atoms with Crippen LogP contribution in [0.3, 0.4) is 0 Å². The van der Waals surface area contributed by atoms with Gasteiger partial charge in [0.25, 0.3) is 0 Å². The first-order valence-electron chi connectivity index (χ1n) is 4.53. The van der Waals surface area contributed by atoms with Crippen molar-refractivity contribution in [3.8, 4) is 0 Å². The average molecular weight is 212 g/mol. The van der Waals surface area contributed by atoms with Crippen LogP contribution in [0.15, 0.2) is 6.33 Å². The molecule has 0 saturated heterocycles. The average Bonchev–Trinajstić information content (AvgIpc) is 2.11. The van der Waals surface area contributed by atoms with Crippen LogP contribution in [0.2, 0.25) is 5.15 Å². The molecule has 1 aliphatic rings. The summed E-state index contributed by atoms with van der Waals surface area (Å²) in [5.41, 5.74) is 0.348. The summed E-state index contributed by atoms with van der Waals surface area (Å²) >= 11 is 5.75. The lowest BCUT2D eigenvalue weighted by Gasteiger charge is -2.27. The lowest BCUT2D eigenvalue weighted by atomic mass is 9.93. The minimum absolute atomic E-state index is 0.205. The highest BCUT2D eigenvalue weighted by atomic mass is 35.5. The fourth-order valence-corrected chi connectivity index (χ4v) is 1.52. The quantitative estimate of drug-likeness (QED) is 0.613. The molecule has 0 aliphatic heterocycles. The Balaban J connectivity index is 2.22. The molecule has 0 aromatic carbocycles. The van der Waals surface area contributed by atoms with Gasteiger partial charge < -0.3 is 5.32 Å². The van der Waals surface area contributed by atoms with Crippen LogP contribution < -0.4 is 5.32 Å². The van der Waals surface area contributed by atoms with Crippen LogP contribution in [0.25, 0.3) is 0 Å². The van der Waals surface area contributed by atoms with Gasteiger partial charge in [-0.05, 0) is 19.3 Å². The van der Waals surface area contributed by atoms with Gasteiger partial charge in [0.05, 0.1) is 5.56 Å². The van der Waals surface area contributed by atoms with Crippen LogP contribution in [0.4, 0.5) is 5.82 Å². The highest BCUT2D eigenvalue weighted by Crippen LogP contribution is 2.25. The van der Waals surface area contributed by atoms with E-state index in [-0.39, 0.29) is 5.15 Å². The number of halogens is 1. The number of carbonyl (C=O) groups excluding carboxylic acids is 1. The number of carbonyl (C=O) groups is 1. The van der Waals surface area contributed by atoms with Crippen LogP contribution in [0, 0.1) is 0 Å². The minimum atomic E-state index is 0.205. The number of nitrogens with zero attached hydrogens (tertiary/aromatic N) is 2. The number of aromatic nitrogens is 2. The lowest BCUT2D eigenvalue weighted by molar-refractivity contribution is 0.112. The standard InChI is InChI=1S/C9H10ClN3O/c10-8-7(4-14)9(12-5-11-8)13-6-2-1-3-6/h4-6H,1-3H2,(H,11,12,13). The number of hydrogen-bond acceptors (Lipinski definition) is 4. The van der Waals surface area contributed by atoms with Crippen molar-refractivity contribution in [3.63, 3.8) is 0 Å². The monoisotopic (exact) mass is 211 g/mol. The van der Waals surface area contributed by atoms with Gasteiger partial charge in [-0.25, -0.2) is 9.97 Å². The van der Waals surface area contributed by atoms with E-state index in [1.165, 1.54) is 12.7 Å². The van der Waals surface area contributed by atoms with Gasteiger partial charge in [-0.3, -0.25) is 4.79 Å². The van der Waals surface area contributed by atoms with Gasteiger partial charge in [-0.2, -0.15) is 0 Å². The second-order valence-electron chi connectivity index (χ2n) is 3.32. The predicted octanol–water partition coefficient (Wildman–Crippen LogP) is 1.91. The van der Waals surface area contributed by atoms with Crippen molar-refractivity contribution in [2.75, 3.05) is 5.32 Å². The van der Waals surface area contributed by atoms with Crippen molar-refractivity contribution in [2.24, 2.45) is 0 Å². The largest absolute Gasteiger partial charge is 0.367 e. The Kier molecular flexibility index (Phi) is 2.63.